The van der Waals surface area contributed by atoms with Crippen LogP contribution in [-0.2, 0) is 17.1 Å². The van der Waals surface area contributed by atoms with E-state index in [1.807, 2.05) is 49.9 Å². The van der Waals surface area contributed by atoms with Crippen LogP contribution < -0.4 is 20.3 Å². The molecule has 1 amide bonds. The number of aromatic nitrogens is 1. The molecule has 1 spiro atoms. The molecule has 0 unspecified atom stereocenters. The van der Waals surface area contributed by atoms with E-state index in [2.05, 4.69) is 20.3 Å². The van der Waals surface area contributed by atoms with Gasteiger partial charge in [-0.2, -0.15) is 0 Å². The Kier molecular flexibility index (Phi) is 7.60. The van der Waals surface area contributed by atoms with Crippen molar-refractivity contribution in [3.63, 3.8) is 0 Å². The molecule has 10 nitrogen and oxygen atoms in total. The number of rotatable bonds is 10. The van der Waals surface area contributed by atoms with Crippen molar-refractivity contribution >= 4 is 43.9 Å². The molecule has 216 valence electrons. The molecule has 2 heterocycles. The SMILES string of the molecule is Cn1ccc2cc(NC(=O)c3ccc(S(=O)(=O)NCCO)cc3N3CCC4(CC3)CC4)cc(NC(C)(C)CO)c21. The average molecular weight is 570 g/mol. The number of hydrogen-bond acceptors (Lipinski definition) is 7. The van der Waals surface area contributed by atoms with Crippen LogP contribution in [0.1, 0.15) is 49.9 Å². The number of nitrogens with zero attached hydrogens (tertiary/aromatic N) is 2. The molecule has 1 aliphatic carbocycles. The Balaban J connectivity index is 1.48. The summed E-state index contributed by atoms with van der Waals surface area (Å²) in [5.74, 6) is -0.336. The first kappa shape index (κ1) is 28.4. The van der Waals surface area contributed by atoms with Crippen LogP contribution in [0.2, 0.25) is 0 Å². The number of benzene rings is 2. The molecule has 1 saturated carbocycles. The van der Waals surface area contributed by atoms with Crippen molar-refractivity contribution in [3.05, 3.63) is 48.2 Å². The van der Waals surface area contributed by atoms with Crippen molar-refractivity contribution in [3.8, 4) is 0 Å². The second kappa shape index (κ2) is 10.7. The lowest BCUT2D eigenvalue weighted by molar-refractivity contribution is 0.102. The molecule has 5 rings (SSSR count). The molecule has 40 heavy (non-hydrogen) atoms. The summed E-state index contributed by atoms with van der Waals surface area (Å²) in [6, 6.07) is 10.3. The van der Waals surface area contributed by atoms with Gasteiger partial charge in [-0.05, 0) is 81.3 Å². The van der Waals surface area contributed by atoms with Crippen molar-refractivity contribution in [2.75, 3.05) is 48.4 Å². The van der Waals surface area contributed by atoms with Crippen molar-refractivity contribution in [1.82, 2.24) is 9.29 Å². The van der Waals surface area contributed by atoms with Gasteiger partial charge in [0, 0.05) is 44.0 Å². The molecular weight excluding hydrogens is 530 g/mol. The van der Waals surface area contributed by atoms with E-state index in [-0.39, 0.29) is 30.6 Å². The normalized spacial score (nSPS) is 16.9. The molecule has 0 atom stereocenters. The number of piperidine rings is 1. The predicted octanol–water partition coefficient (Wildman–Crippen LogP) is 3.26. The quantitative estimate of drug-likeness (QED) is 0.253. The van der Waals surface area contributed by atoms with E-state index < -0.39 is 15.6 Å². The number of amides is 1. The number of hydrogen-bond donors (Lipinski definition) is 5. The number of aliphatic hydroxyl groups is 2. The highest BCUT2D eigenvalue weighted by Gasteiger charge is 2.44. The summed E-state index contributed by atoms with van der Waals surface area (Å²) in [4.78, 5) is 15.9. The Hall–Kier alpha value is -3.12. The highest BCUT2D eigenvalue weighted by atomic mass is 32.2. The lowest BCUT2D eigenvalue weighted by Crippen LogP contribution is -2.36. The summed E-state index contributed by atoms with van der Waals surface area (Å²) < 4.78 is 30.1. The fourth-order valence-corrected chi connectivity index (χ4v) is 6.55. The summed E-state index contributed by atoms with van der Waals surface area (Å²) >= 11 is 0. The first-order valence-electron chi connectivity index (χ1n) is 13.7. The van der Waals surface area contributed by atoms with Gasteiger partial charge in [0.1, 0.15) is 0 Å². The van der Waals surface area contributed by atoms with E-state index >= 15 is 0 Å². The smallest absolute Gasteiger partial charge is 0.257 e. The zero-order chi connectivity index (χ0) is 28.7. The maximum Gasteiger partial charge on any atom is 0.257 e. The lowest BCUT2D eigenvalue weighted by atomic mass is 9.93. The summed E-state index contributed by atoms with van der Waals surface area (Å²) in [6.45, 7) is 4.85. The molecule has 0 radical (unpaired) electrons. The molecule has 3 aromatic rings. The van der Waals surface area contributed by atoms with Crippen LogP contribution in [0.3, 0.4) is 0 Å². The minimum atomic E-state index is -3.84. The molecule has 1 aliphatic heterocycles. The van der Waals surface area contributed by atoms with Gasteiger partial charge in [0.15, 0.2) is 0 Å². The Morgan fingerprint density at radius 2 is 1.77 bits per heavy atom. The van der Waals surface area contributed by atoms with Gasteiger partial charge < -0.3 is 30.3 Å². The van der Waals surface area contributed by atoms with Crippen LogP contribution >= 0.6 is 0 Å². The van der Waals surface area contributed by atoms with Gasteiger partial charge in [-0.15, -0.1) is 0 Å². The van der Waals surface area contributed by atoms with Crippen molar-refractivity contribution in [1.29, 1.82) is 0 Å². The number of carbonyl (C=O) groups is 1. The summed E-state index contributed by atoms with van der Waals surface area (Å²) in [5, 5.41) is 26.3. The summed E-state index contributed by atoms with van der Waals surface area (Å²) in [5.41, 5.74) is 3.14. The molecule has 1 saturated heterocycles. The first-order valence-corrected chi connectivity index (χ1v) is 15.2. The summed E-state index contributed by atoms with van der Waals surface area (Å²) in [6.07, 6.45) is 6.46. The van der Waals surface area contributed by atoms with Gasteiger partial charge in [-0.3, -0.25) is 4.79 Å². The lowest BCUT2D eigenvalue weighted by Gasteiger charge is -2.35. The van der Waals surface area contributed by atoms with Crippen molar-refractivity contribution in [2.24, 2.45) is 12.5 Å². The molecule has 2 aromatic carbocycles. The van der Waals surface area contributed by atoms with Crippen LogP contribution in [0.15, 0.2) is 47.5 Å². The van der Waals surface area contributed by atoms with Crippen molar-refractivity contribution in [2.45, 2.75) is 50.0 Å². The molecule has 0 bridgehead atoms. The van der Waals surface area contributed by atoms with E-state index in [0.29, 0.717) is 22.4 Å². The molecule has 5 N–H and O–H groups in total. The van der Waals surface area contributed by atoms with E-state index in [9.17, 15) is 18.3 Å². The molecule has 2 aliphatic rings. The van der Waals surface area contributed by atoms with E-state index in [4.69, 9.17) is 5.11 Å². The fraction of sp³-hybridized carbons (Fsp3) is 0.483. The zero-order valence-corrected chi connectivity index (χ0v) is 24.1. The van der Waals surface area contributed by atoms with E-state index in [0.717, 1.165) is 42.5 Å². The fourth-order valence-electron chi connectivity index (χ4n) is 5.51. The Morgan fingerprint density at radius 1 is 1.05 bits per heavy atom. The van der Waals surface area contributed by atoms with Crippen LogP contribution in [0, 0.1) is 5.41 Å². The maximum absolute atomic E-state index is 13.7. The maximum atomic E-state index is 13.7. The van der Waals surface area contributed by atoms with Crippen LogP contribution in [0.25, 0.3) is 10.9 Å². The molecule has 11 heteroatoms. The number of nitrogens with one attached hydrogen (secondary N) is 3. The van der Waals surface area contributed by atoms with Gasteiger partial charge in [0.05, 0.1) is 46.1 Å². The Morgan fingerprint density at radius 3 is 2.42 bits per heavy atom. The first-order chi connectivity index (χ1) is 19.0. The van der Waals surface area contributed by atoms with Crippen LogP contribution in [-0.4, -0.2) is 67.5 Å². The number of sulfonamides is 1. The van der Waals surface area contributed by atoms with Crippen molar-refractivity contribution < 1.29 is 23.4 Å². The predicted molar refractivity (Wildman–Crippen MR) is 157 cm³/mol. The monoisotopic (exact) mass is 569 g/mol. The molecule has 2 fully saturated rings. The van der Waals surface area contributed by atoms with E-state index in [1.165, 1.54) is 18.9 Å². The minimum absolute atomic E-state index is 0.0580. The van der Waals surface area contributed by atoms with Gasteiger partial charge in [0.25, 0.3) is 5.91 Å². The summed E-state index contributed by atoms with van der Waals surface area (Å²) in [7, 11) is -1.90. The van der Waals surface area contributed by atoms with Crippen LogP contribution in [0.5, 0.6) is 0 Å². The van der Waals surface area contributed by atoms with Gasteiger partial charge >= 0.3 is 0 Å². The van der Waals surface area contributed by atoms with Gasteiger partial charge in [-0.25, -0.2) is 13.1 Å². The third-order valence-electron chi connectivity index (χ3n) is 8.15. The molecular formula is C29H39N5O5S. The Labute approximate surface area is 235 Å². The highest BCUT2D eigenvalue weighted by Crippen LogP contribution is 2.54. The second-order valence-electron chi connectivity index (χ2n) is 11.8. The number of aliphatic hydroxyl groups excluding tert-OH is 2. The Bertz CT molecular complexity index is 1520. The number of anilines is 3. The third-order valence-corrected chi connectivity index (χ3v) is 9.60. The third kappa shape index (κ3) is 5.83. The highest BCUT2D eigenvalue weighted by molar-refractivity contribution is 7.89. The number of fused-ring (bicyclic) bond motifs is 1. The minimum Gasteiger partial charge on any atom is -0.395 e. The molecule has 1 aromatic heterocycles. The van der Waals surface area contributed by atoms with Gasteiger partial charge in [0.2, 0.25) is 10.0 Å². The average Bonchev–Trinajstić information content (AvgIpc) is 3.57. The number of carbonyl (C=O) groups excluding carboxylic acids is 1. The zero-order valence-electron chi connectivity index (χ0n) is 23.3. The van der Waals surface area contributed by atoms with E-state index in [1.54, 1.807) is 12.1 Å². The van der Waals surface area contributed by atoms with Gasteiger partial charge in [-0.1, -0.05) is 0 Å². The van der Waals surface area contributed by atoms with Crippen LogP contribution in [0.4, 0.5) is 17.1 Å². The second-order valence-corrected chi connectivity index (χ2v) is 13.6. The standard InChI is InChI=1S/C29H39N5O5S/c1-28(2,19-36)32-24-17-21(16-20-6-12-33(3)26(20)24)31-27(37)23-5-4-22(40(38,39)30-11-15-35)18-25(23)34-13-9-29(7-8-29)10-14-34/h4-6,12,16-18,30,32,35-36H,7-11,13-15,19H2,1-3H3,(H,31,37). The topological polar surface area (TPSA) is 136 Å². The largest absolute Gasteiger partial charge is 0.395 e. The number of aryl methyl sites for hydroxylation is 1.